The average Bonchev–Trinajstić information content (AvgIpc) is 2.44. The van der Waals surface area contributed by atoms with Crippen LogP contribution in [0.2, 0.25) is 0 Å². The van der Waals surface area contributed by atoms with E-state index in [0.29, 0.717) is 23.7 Å². The van der Waals surface area contributed by atoms with Gasteiger partial charge >= 0.3 is 0 Å². The van der Waals surface area contributed by atoms with Crippen molar-refractivity contribution in [2.24, 2.45) is 0 Å². The van der Waals surface area contributed by atoms with Crippen LogP contribution in [-0.2, 0) is 9.53 Å². The van der Waals surface area contributed by atoms with Crippen molar-refractivity contribution in [3.8, 4) is 11.5 Å². The molecule has 0 N–H and O–H groups in total. The minimum atomic E-state index is -0.263. The molecule has 0 atom stereocenters. The van der Waals surface area contributed by atoms with E-state index in [9.17, 15) is 9.59 Å². The molecule has 0 aliphatic heterocycles. The molecule has 1 aromatic carbocycles. The molecule has 104 valence electrons. The number of carbonyl (C=O) groups excluding carboxylic acids is 2. The molecular weight excluding hydrogens is 248 g/mol. The second-order valence-electron chi connectivity index (χ2n) is 3.95. The molecule has 0 aromatic heterocycles. The molecule has 5 heteroatoms. The minimum Gasteiger partial charge on any atom is -0.497 e. The SMILES string of the molecule is COCCC(=O)CC(=O)c1ccc(OC)cc1OC. The maximum atomic E-state index is 12.0. The Balaban J connectivity index is 2.79. The van der Waals surface area contributed by atoms with Crippen molar-refractivity contribution in [3.63, 3.8) is 0 Å². The Hall–Kier alpha value is -1.88. The van der Waals surface area contributed by atoms with Crippen LogP contribution >= 0.6 is 0 Å². The molecule has 19 heavy (non-hydrogen) atoms. The van der Waals surface area contributed by atoms with Crippen molar-refractivity contribution in [3.05, 3.63) is 23.8 Å². The van der Waals surface area contributed by atoms with Gasteiger partial charge in [0.1, 0.15) is 17.3 Å². The summed E-state index contributed by atoms with van der Waals surface area (Å²) in [4.78, 5) is 23.6. The zero-order valence-electron chi connectivity index (χ0n) is 11.4. The number of hydrogen-bond donors (Lipinski definition) is 0. The highest BCUT2D eigenvalue weighted by Crippen LogP contribution is 2.25. The Bertz CT molecular complexity index is 453. The zero-order chi connectivity index (χ0) is 14.3. The van der Waals surface area contributed by atoms with Crippen molar-refractivity contribution in [2.75, 3.05) is 27.9 Å². The van der Waals surface area contributed by atoms with Gasteiger partial charge in [-0.2, -0.15) is 0 Å². The predicted molar refractivity (Wildman–Crippen MR) is 70.0 cm³/mol. The van der Waals surface area contributed by atoms with E-state index < -0.39 is 0 Å². The van der Waals surface area contributed by atoms with E-state index in [1.807, 2.05) is 0 Å². The van der Waals surface area contributed by atoms with Crippen LogP contribution in [0.15, 0.2) is 18.2 Å². The Labute approximate surface area is 112 Å². The summed E-state index contributed by atoms with van der Waals surface area (Å²) in [6.45, 7) is 0.325. The summed E-state index contributed by atoms with van der Waals surface area (Å²) < 4.78 is 15.0. The minimum absolute atomic E-state index is 0.147. The lowest BCUT2D eigenvalue weighted by Crippen LogP contribution is -2.11. The standard InChI is InChI=1S/C14H18O5/c1-17-7-6-10(15)8-13(16)12-5-4-11(18-2)9-14(12)19-3/h4-5,9H,6-8H2,1-3H3. The van der Waals surface area contributed by atoms with Crippen molar-refractivity contribution in [1.29, 1.82) is 0 Å². The van der Waals surface area contributed by atoms with Gasteiger partial charge in [-0.25, -0.2) is 0 Å². The summed E-state index contributed by atoms with van der Waals surface area (Å²) in [5, 5.41) is 0. The number of ketones is 2. The van der Waals surface area contributed by atoms with Gasteiger partial charge in [0.2, 0.25) is 0 Å². The Morgan fingerprint density at radius 1 is 1.11 bits per heavy atom. The van der Waals surface area contributed by atoms with Crippen LogP contribution < -0.4 is 9.47 Å². The summed E-state index contributed by atoms with van der Waals surface area (Å²) >= 11 is 0. The van der Waals surface area contributed by atoms with E-state index >= 15 is 0 Å². The molecule has 5 nitrogen and oxygen atoms in total. The number of rotatable bonds is 8. The molecule has 0 bridgehead atoms. The van der Waals surface area contributed by atoms with Crippen LogP contribution in [0.25, 0.3) is 0 Å². The average molecular weight is 266 g/mol. The maximum Gasteiger partial charge on any atom is 0.173 e. The number of carbonyl (C=O) groups is 2. The van der Waals surface area contributed by atoms with Gasteiger partial charge in [0, 0.05) is 19.6 Å². The Morgan fingerprint density at radius 3 is 2.42 bits per heavy atom. The van der Waals surface area contributed by atoms with Crippen molar-refractivity contribution >= 4 is 11.6 Å². The first-order chi connectivity index (χ1) is 9.12. The second-order valence-corrected chi connectivity index (χ2v) is 3.95. The molecule has 0 amide bonds. The summed E-state index contributed by atoms with van der Waals surface area (Å²) in [6.07, 6.45) is 0.0900. The smallest absolute Gasteiger partial charge is 0.173 e. The molecule has 0 spiro atoms. The van der Waals surface area contributed by atoms with Crippen LogP contribution in [0, 0.1) is 0 Å². The Morgan fingerprint density at radius 2 is 1.84 bits per heavy atom. The summed E-state index contributed by atoms with van der Waals surface area (Å²) in [7, 11) is 4.52. The predicted octanol–water partition coefficient (Wildman–Crippen LogP) is 1.88. The van der Waals surface area contributed by atoms with Gasteiger partial charge in [-0.15, -0.1) is 0 Å². The monoisotopic (exact) mass is 266 g/mol. The van der Waals surface area contributed by atoms with Crippen molar-refractivity contribution < 1.29 is 23.8 Å². The molecule has 1 aromatic rings. The van der Waals surface area contributed by atoms with E-state index in [1.54, 1.807) is 18.2 Å². The van der Waals surface area contributed by atoms with Crippen LogP contribution in [-0.4, -0.2) is 39.5 Å². The molecule has 0 saturated carbocycles. The molecule has 0 unspecified atom stereocenters. The molecule has 0 aliphatic rings. The highest BCUT2D eigenvalue weighted by Gasteiger charge is 2.16. The van der Waals surface area contributed by atoms with E-state index in [0.717, 1.165) is 0 Å². The van der Waals surface area contributed by atoms with Gasteiger partial charge in [-0.3, -0.25) is 9.59 Å². The lowest BCUT2D eigenvalue weighted by Gasteiger charge is -2.09. The highest BCUT2D eigenvalue weighted by molar-refractivity contribution is 6.09. The molecule has 0 aliphatic carbocycles. The third-order valence-corrected chi connectivity index (χ3v) is 2.65. The van der Waals surface area contributed by atoms with E-state index in [1.165, 1.54) is 21.3 Å². The van der Waals surface area contributed by atoms with E-state index in [4.69, 9.17) is 14.2 Å². The largest absolute Gasteiger partial charge is 0.497 e. The fraction of sp³-hybridized carbons (Fsp3) is 0.429. The van der Waals surface area contributed by atoms with Crippen LogP contribution in [0.4, 0.5) is 0 Å². The summed E-state index contributed by atoms with van der Waals surface area (Å²) in [5.41, 5.74) is 0.383. The van der Waals surface area contributed by atoms with Crippen molar-refractivity contribution in [1.82, 2.24) is 0 Å². The van der Waals surface area contributed by atoms with Gasteiger partial charge in [0.15, 0.2) is 5.78 Å². The third-order valence-electron chi connectivity index (χ3n) is 2.65. The third kappa shape index (κ3) is 4.37. The summed E-state index contributed by atoms with van der Waals surface area (Å²) in [5.74, 6) is 0.591. The number of benzene rings is 1. The Kier molecular flexibility index (Phi) is 6.02. The van der Waals surface area contributed by atoms with Crippen molar-refractivity contribution in [2.45, 2.75) is 12.8 Å². The molecule has 0 saturated heterocycles. The van der Waals surface area contributed by atoms with Gasteiger partial charge < -0.3 is 14.2 Å². The number of hydrogen-bond acceptors (Lipinski definition) is 5. The fourth-order valence-corrected chi connectivity index (χ4v) is 1.61. The molecule has 0 fully saturated rings. The van der Waals surface area contributed by atoms with Crippen LogP contribution in [0.5, 0.6) is 11.5 Å². The van der Waals surface area contributed by atoms with E-state index in [2.05, 4.69) is 0 Å². The fourth-order valence-electron chi connectivity index (χ4n) is 1.61. The molecular formula is C14H18O5. The lowest BCUT2D eigenvalue weighted by atomic mass is 10.0. The quantitative estimate of drug-likeness (QED) is 0.531. The number of Topliss-reactive ketones (excluding diaryl/α,β-unsaturated/α-hetero) is 2. The first-order valence-electron chi connectivity index (χ1n) is 5.88. The normalized spacial score (nSPS) is 10.1. The van der Waals surface area contributed by atoms with Gasteiger partial charge in [-0.1, -0.05) is 0 Å². The highest BCUT2D eigenvalue weighted by atomic mass is 16.5. The topological polar surface area (TPSA) is 61.8 Å². The van der Waals surface area contributed by atoms with Gasteiger partial charge in [0.25, 0.3) is 0 Å². The van der Waals surface area contributed by atoms with Gasteiger partial charge in [-0.05, 0) is 12.1 Å². The number of methoxy groups -OCH3 is 3. The lowest BCUT2D eigenvalue weighted by molar-refractivity contribution is -0.119. The first kappa shape index (κ1) is 15.2. The van der Waals surface area contributed by atoms with Gasteiger partial charge in [0.05, 0.1) is 32.8 Å². The summed E-state index contributed by atoms with van der Waals surface area (Å²) in [6, 6.07) is 4.88. The maximum absolute atomic E-state index is 12.0. The zero-order valence-corrected chi connectivity index (χ0v) is 11.4. The van der Waals surface area contributed by atoms with Crippen LogP contribution in [0.1, 0.15) is 23.2 Å². The number of ether oxygens (including phenoxy) is 3. The van der Waals surface area contributed by atoms with E-state index in [-0.39, 0.29) is 24.4 Å². The second kappa shape index (κ2) is 7.53. The first-order valence-corrected chi connectivity index (χ1v) is 5.88. The molecule has 0 radical (unpaired) electrons. The molecule has 1 rings (SSSR count). The molecule has 0 heterocycles. The van der Waals surface area contributed by atoms with Crippen LogP contribution in [0.3, 0.4) is 0 Å².